The van der Waals surface area contributed by atoms with Gasteiger partial charge in [0.25, 0.3) is 23.3 Å². The number of benzene rings is 1. The van der Waals surface area contributed by atoms with Gasteiger partial charge in [-0.3, -0.25) is 37.9 Å². The first-order valence-electron chi connectivity index (χ1n) is 39.6. The van der Waals surface area contributed by atoms with E-state index in [9.17, 15) is 45.1 Å². The van der Waals surface area contributed by atoms with Gasteiger partial charge in [0.1, 0.15) is 40.3 Å². The number of amides is 1. The van der Waals surface area contributed by atoms with Crippen LogP contribution in [0.15, 0.2) is 41.2 Å². The molecule has 104 heavy (non-hydrogen) atoms. The number of ether oxygens (including phenoxy) is 1. The Morgan fingerprint density at radius 1 is 0.663 bits per heavy atom. The Labute approximate surface area is 616 Å². The van der Waals surface area contributed by atoms with E-state index >= 15 is 0 Å². The van der Waals surface area contributed by atoms with Crippen molar-refractivity contribution in [3.8, 4) is 0 Å². The van der Waals surface area contributed by atoms with Crippen LogP contribution in [0.25, 0.3) is 0 Å². The van der Waals surface area contributed by atoms with Gasteiger partial charge in [-0.1, -0.05) is 84.7 Å². The number of carbonyl (C=O) groups is 2. The summed E-state index contributed by atoms with van der Waals surface area (Å²) in [5, 5.41) is 15.5. The lowest BCUT2D eigenvalue weighted by atomic mass is 9.98. The average molecular weight is 1460 g/mol. The number of carbonyl (C=O) groups excluding carboxylic acids is 2. The highest BCUT2D eigenvalue weighted by molar-refractivity contribution is 5.83. The number of alkyl halides is 7. The number of nitrogens with zero attached hydrogens (tertiary/aromatic N) is 10. The van der Waals surface area contributed by atoms with Gasteiger partial charge in [-0.2, -0.15) is 41.6 Å². The molecule has 0 spiro atoms. The molecule has 15 nitrogen and oxygen atoms in total. The highest BCUT2D eigenvalue weighted by Crippen LogP contribution is 2.68. The zero-order chi connectivity index (χ0) is 77.0. The van der Waals surface area contributed by atoms with Crippen molar-refractivity contribution in [3.05, 3.63) is 109 Å². The smallest absolute Gasteiger partial charge is 0.410 e. The highest BCUT2D eigenvalue weighted by Gasteiger charge is 2.67. The summed E-state index contributed by atoms with van der Waals surface area (Å²) in [6.07, 6.45) is 15.8. The van der Waals surface area contributed by atoms with Crippen LogP contribution in [0.4, 0.5) is 35.5 Å². The van der Waals surface area contributed by atoms with Crippen molar-refractivity contribution >= 4 is 11.9 Å². The molecule has 3 saturated carbocycles. The maximum absolute atomic E-state index is 14.1. The largest absolute Gasteiger partial charge is 0.444 e. The molecule has 7 heterocycles. The summed E-state index contributed by atoms with van der Waals surface area (Å²) in [6, 6.07) is 14.6. The molecule has 9 aliphatic rings. The molecule has 8 unspecified atom stereocenters. The minimum Gasteiger partial charge on any atom is -0.444 e. The van der Waals surface area contributed by atoms with Gasteiger partial charge in [-0.05, 0) is 221 Å². The van der Waals surface area contributed by atoms with Gasteiger partial charge < -0.3 is 15.0 Å². The topological polar surface area (TPSA) is 142 Å². The Hall–Kier alpha value is -5.77. The standard InChI is InChI=1S/C14H21N.C13H20F2N2.C12H15F3N2.C12H16F2N2.C12H20N2O.C12H23NO2.C7H13NO/c1-12(2)14-9-6-10-15(14)11-13-7-4-3-5-8-13;1-9(2)17-11(10-6-4-5-7-10)8-12(16-17)13(3,14)15;1-5(2)17-11-9(10(16-17)6(3)13)7-4-8(7)12(11,14)15;1-6(2)16-10-8-4-7(8)5-9(10)11(15-16)12(3,13)14;1-4-13-12(15)10-7-5-6-8-11(10)14(13)9(2)3;1-9(2)10-7-6-8-13(10)11(14)15-12(3,4)5;1-5(2)7-3-6(9)4-8-7/h3-5,7-8,12,14H,6,9-11H2,1-2H3;8-10H,4-7H2,1-3H3;5-8H,4H2,1-3H3;6-8H,4-5H2,1-3H3;9H,4-8H2,1-3H3;9-10H,6-8H2,1-5H3;5,7-8H,3-4H2,1-2H3. The fourth-order valence-corrected chi connectivity index (χ4v) is 16.8. The maximum atomic E-state index is 14.1. The van der Waals surface area contributed by atoms with Crippen LogP contribution in [0, 0.1) is 29.6 Å². The van der Waals surface area contributed by atoms with Crippen LogP contribution in [-0.4, -0.2) is 104 Å². The second kappa shape index (κ2) is 34.6. The summed E-state index contributed by atoms with van der Waals surface area (Å²) < 4.78 is 110. The molecule has 22 heteroatoms. The third-order valence-electron chi connectivity index (χ3n) is 22.1. The lowest BCUT2D eigenvalue weighted by Gasteiger charge is -2.30. The van der Waals surface area contributed by atoms with Crippen LogP contribution in [0.5, 0.6) is 0 Å². The van der Waals surface area contributed by atoms with Crippen molar-refractivity contribution in [1.29, 1.82) is 0 Å². The van der Waals surface area contributed by atoms with Crippen molar-refractivity contribution in [2.45, 2.75) is 351 Å². The van der Waals surface area contributed by atoms with Gasteiger partial charge in [-0.15, -0.1) is 0 Å². The molecular weight excluding hydrogens is 1340 g/mol. The normalized spacial score (nSPS) is 23.2. The summed E-state index contributed by atoms with van der Waals surface area (Å²) in [7, 11) is 0. The molecule has 8 atom stereocenters. The summed E-state index contributed by atoms with van der Waals surface area (Å²) >= 11 is 0. The molecule has 5 aromatic rings. The number of halogens is 7. The van der Waals surface area contributed by atoms with Crippen molar-refractivity contribution in [2.24, 2.45) is 29.6 Å². The van der Waals surface area contributed by atoms with E-state index in [1.807, 2.05) is 69.7 Å². The SMILES string of the molecule is CC(C)C1CC(=O)CN1.CC(C)C1CCCN1C(=O)OC(C)(C)C.CC(C)C1CCCN1Cc1ccccc1.CC(C)n1nc(C(C)(F)F)c2c1C1CC1C2.CC(C)n1nc(C(C)(F)F)cc1C1CCCC1.CC(F)c1nn(C(C)C)c2c1C1CC1C2(F)F.CCn1c(=O)c2c(n1C(C)C)CCCC2. The van der Waals surface area contributed by atoms with Crippen molar-refractivity contribution in [1.82, 2.24) is 53.8 Å². The minimum absolute atomic E-state index is 0.0170. The van der Waals surface area contributed by atoms with Gasteiger partial charge in [0, 0.05) is 134 Å². The van der Waals surface area contributed by atoms with E-state index < -0.39 is 29.9 Å². The molecular formula is C82H128F7N11O4. The summed E-state index contributed by atoms with van der Waals surface area (Å²) in [6.45, 7) is 44.8. The quantitative estimate of drug-likeness (QED) is 0.108. The minimum atomic E-state index is -2.84. The van der Waals surface area contributed by atoms with Crippen LogP contribution < -0.4 is 10.9 Å². The van der Waals surface area contributed by atoms with Crippen molar-refractivity contribution < 1.29 is 45.1 Å². The number of Topliss-reactive ketones (excluding diaryl/α,β-unsaturated/α-hetero) is 1. The molecule has 14 rings (SSSR count). The lowest BCUT2D eigenvalue weighted by Crippen LogP contribution is -2.41. The number of rotatable bonds is 14. The second-order valence-corrected chi connectivity index (χ2v) is 34.3. The monoisotopic (exact) mass is 1460 g/mol. The molecule has 4 aromatic heterocycles. The number of hydrogen-bond acceptors (Lipinski definition) is 9. The van der Waals surface area contributed by atoms with Crippen LogP contribution in [0.2, 0.25) is 0 Å². The van der Waals surface area contributed by atoms with Gasteiger partial charge in [-0.25, -0.2) is 9.18 Å². The lowest BCUT2D eigenvalue weighted by molar-refractivity contribution is -0.116. The van der Waals surface area contributed by atoms with Gasteiger partial charge in [0.05, 0.1) is 6.54 Å². The third-order valence-corrected chi connectivity index (χ3v) is 22.1. The van der Waals surface area contributed by atoms with Crippen LogP contribution in [0.1, 0.15) is 339 Å². The van der Waals surface area contributed by atoms with Gasteiger partial charge in [0.15, 0.2) is 0 Å². The maximum Gasteiger partial charge on any atom is 0.410 e. The first kappa shape index (κ1) is 83.9. The average Bonchev–Trinajstić information content (AvgIpc) is 1.53. The van der Waals surface area contributed by atoms with Gasteiger partial charge in [0.2, 0.25) is 0 Å². The van der Waals surface area contributed by atoms with E-state index in [1.54, 1.807) is 24.6 Å². The molecule has 3 saturated heterocycles. The van der Waals surface area contributed by atoms with E-state index in [0.29, 0.717) is 72.0 Å². The molecule has 1 N–H and O–H groups in total. The van der Waals surface area contributed by atoms with Crippen LogP contribution in [0.3, 0.4) is 0 Å². The Bertz CT molecular complexity index is 3670. The fourth-order valence-electron chi connectivity index (χ4n) is 16.8. The second-order valence-electron chi connectivity index (χ2n) is 34.3. The van der Waals surface area contributed by atoms with E-state index in [-0.39, 0.29) is 64.1 Å². The van der Waals surface area contributed by atoms with Crippen LogP contribution in [-0.2, 0) is 59.7 Å². The fraction of sp³-hybridized carbons (Fsp3) is 0.756. The predicted octanol–water partition coefficient (Wildman–Crippen LogP) is 20.2. The van der Waals surface area contributed by atoms with E-state index in [1.165, 1.54) is 74.4 Å². The number of aromatic nitrogens is 8. The molecule has 1 amide bonds. The van der Waals surface area contributed by atoms with Crippen molar-refractivity contribution in [3.63, 3.8) is 0 Å². The summed E-state index contributed by atoms with van der Waals surface area (Å²) in [5.41, 5.74) is 7.21. The van der Waals surface area contributed by atoms with E-state index in [0.717, 1.165) is 119 Å². The Balaban J connectivity index is 0.000000154. The van der Waals surface area contributed by atoms with Crippen molar-refractivity contribution in [2.75, 3.05) is 19.6 Å². The van der Waals surface area contributed by atoms with E-state index in [2.05, 4.69) is 116 Å². The zero-order valence-electron chi connectivity index (χ0n) is 66.8. The predicted molar refractivity (Wildman–Crippen MR) is 400 cm³/mol. The Morgan fingerprint density at radius 2 is 1.27 bits per heavy atom. The molecule has 6 fully saturated rings. The molecule has 3 aliphatic heterocycles. The van der Waals surface area contributed by atoms with E-state index in [4.69, 9.17) is 4.74 Å². The number of ketones is 1. The molecule has 1 aromatic carbocycles. The molecule has 584 valence electrons. The highest BCUT2D eigenvalue weighted by atomic mass is 19.3. The number of hydrogen-bond donors (Lipinski definition) is 1. The molecule has 0 bridgehead atoms. The number of fused-ring (bicyclic) bond motifs is 7. The first-order chi connectivity index (χ1) is 48.6. The first-order valence-corrected chi connectivity index (χ1v) is 39.6. The third kappa shape index (κ3) is 20.1. The Morgan fingerprint density at radius 3 is 1.79 bits per heavy atom. The zero-order valence-corrected chi connectivity index (χ0v) is 66.8. The molecule has 6 aliphatic carbocycles. The van der Waals surface area contributed by atoms with Gasteiger partial charge >= 0.3 is 6.09 Å². The summed E-state index contributed by atoms with van der Waals surface area (Å²) in [5.74, 6) is -5.44. The molecule has 0 radical (unpaired) electrons. The number of nitrogens with one attached hydrogen (secondary N) is 1. The Kier molecular flexibility index (Phi) is 27.9. The number of likely N-dealkylation sites (tertiary alicyclic amines) is 2. The summed E-state index contributed by atoms with van der Waals surface area (Å²) in [4.78, 5) is 39.2. The van der Waals surface area contributed by atoms with Crippen LogP contribution >= 0.6 is 0 Å².